The lowest BCUT2D eigenvalue weighted by Crippen LogP contribution is -1.90. The molecule has 0 aliphatic heterocycles. The Labute approximate surface area is 99.9 Å². The van der Waals surface area contributed by atoms with Crippen molar-refractivity contribution in [3.05, 3.63) is 53.9 Å². The van der Waals surface area contributed by atoms with Crippen LogP contribution in [0.3, 0.4) is 0 Å². The van der Waals surface area contributed by atoms with Crippen molar-refractivity contribution in [3.8, 4) is 0 Å². The molecule has 2 nitrogen and oxygen atoms in total. The molecular weight excluding hydrogens is 216 g/mol. The largest absolute Gasteiger partial charge is 0.399 e. The van der Waals surface area contributed by atoms with E-state index in [0.29, 0.717) is 0 Å². The molecule has 2 rings (SSSR count). The van der Waals surface area contributed by atoms with Crippen molar-refractivity contribution in [2.75, 3.05) is 5.73 Å². The van der Waals surface area contributed by atoms with E-state index < -0.39 is 0 Å². The second-order valence-electron chi connectivity index (χ2n) is 3.63. The second-order valence-corrected chi connectivity index (χ2v) is 4.68. The molecule has 16 heavy (non-hydrogen) atoms. The van der Waals surface area contributed by atoms with Crippen LogP contribution in [0.25, 0.3) is 0 Å². The van der Waals surface area contributed by atoms with Crippen molar-refractivity contribution in [2.45, 2.75) is 17.6 Å². The van der Waals surface area contributed by atoms with Gasteiger partial charge in [-0.25, -0.2) is 0 Å². The van der Waals surface area contributed by atoms with E-state index in [1.54, 1.807) is 11.8 Å². The number of nitrogen functional groups attached to an aromatic ring is 1. The maximum atomic E-state index is 5.73. The minimum atomic E-state index is 0.808. The van der Waals surface area contributed by atoms with Gasteiger partial charge >= 0.3 is 0 Å². The number of thioether (sulfide) groups is 1. The topological polar surface area (TPSA) is 38.9 Å². The van der Waals surface area contributed by atoms with E-state index in [9.17, 15) is 0 Å². The number of benzene rings is 1. The maximum absolute atomic E-state index is 5.73. The van der Waals surface area contributed by atoms with E-state index in [4.69, 9.17) is 5.73 Å². The summed E-state index contributed by atoms with van der Waals surface area (Å²) >= 11 is 1.76. The summed E-state index contributed by atoms with van der Waals surface area (Å²) in [5.41, 5.74) is 8.91. The van der Waals surface area contributed by atoms with Crippen molar-refractivity contribution in [1.82, 2.24) is 4.98 Å². The first-order chi connectivity index (χ1) is 7.75. The van der Waals surface area contributed by atoms with Crippen LogP contribution in [0.2, 0.25) is 0 Å². The fraction of sp³-hybridized carbons (Fsp3) is 0.154. The number of hydrogen-bond acceptors (Lipinski definition) is 3. The molecule has 0 radical (unpaired) electrons. The van der Waals surface area contributed by atoms with Gasteiger partial charge in [0.05, 0.1) is 5.69 Å². The summed E-state index contributed by atoms with van der Waals surface area (Å²) < 4.78 is 0. The lowest BCUT2D eigenvalue weighted by atomic mass is 10.2. The normalized spacial score (nSPS) is 10.3. The summed E-state index contributed by atoms with van der Waals surface area (Å²) in [5.74, 6) is 0.885. The molecule has 0 saturated carbocycles. The fourth-order valence-electron chi connectivity index (χ4n) is 1.43. The molecule has 0 amide bonds. The van der Waals surface area contributed by atoms with Gasteiger partial charge in [-0.1, -0.05) is 12.1 Å². The number of rotatable bonds is 3. The zero-order valence-electron chi connectivity index (χ0n) is 9.18. The molecule has 2 aromatic rings. The Balaban J connectivity index is 2.05. The van der Waals surface area contributed by atoms with E-state index in [-0.39, 0.29) is 0 Å². The van der Waals surface area contributed by atoms with Gasteiger partial charge in [-0.2, -0.15) is 0 Å². The third kappa shape index (κ3) is 2.76. The maximum Gasteiger partial charge on any atom is 0.0535 e. The van der Waals surface area contributed by atoms with Crippen LogP contribution in [0.5, 0.6) is 0 Å². The summed E-state index contributed by atoms with van der Waals surface area (Å²) in [6, 6.07) is 12.0. The van der Waals surface area contributed by atoms with Gasteiger partial charge in [0.1, 0.15) is 0 Å². The molecule has 0 aliphatic carbocycles. The third-order valence-corrected chi connectivity index (χ3v) is 3.36. The highest BCUT2D eigenvalue weighted by Crippen LogP contribution is 2.24. The molecule has 1 heterocycles. The van der Waals surface area contributed by atoms with Gasteiger partial charge in [0.15, 0.2) is 0 Å². The second kappa shape index (κ2) is 5.03. The standard InChI is InChI=1S/C13H14N2S/c1-10-4-3-7-15-13(10)9-16-12-6-2-5-11(14)8-12/h2-8H,9,14H2,1H3. The van der Waals surface area contributed by atoms with Gasteiger partial charge in [-0.05, 0) is 36.8 Å². The molecule has 0 saturated heterocycles. The monoisotopic (exact) mass is 230 g/mol. The van der Waals surface area contributed by atoms with Gasteiger partial charge in [0.2, 0.25) is 0 Å². The van der Waals surface area contributed by atoms with E-state index in [0.717, 1.165) is 17.1 Å². The van der Waals surface area contributed by atoms with E-state index in [2.05, 4.69) is 24.0 Å². The summed E-state index contributed by atoms with van der Waals surface area (Å²) in [4.78, 5) is 5.55. The molecule has 2 N–H and O–H groups in total. The quantitative estimate of drug-likeness (QED) is 0.649. The highest BCUT2D eigenvalue weighted by atomic mass is 32.2. The Hall–Kier alpha value is -1.48. The molecule has 1 aromatic carbocycles. The smallest absolute Gasteiger partial charge is 0.0535 e. The molecule has 0 atom stereocenters. The Kier molecular flexibility index (Phi) is 3.47. The Morgan fingerprint density at radius 2 is 2.12 bits per heavy atom. The molecule has 0 unspecified atom stereocenters. The van der Waals surface area contributed by atoms with Crippen LogP contribution in [0.1, 0.15) is 11.3 Å². The molecule has 0 bridgehead atoms. The number of aromatic nitrogens is 1. The Bertz CT molecular complexity index is 483. The predicted molar refractivity (Wildman–Crippen MR) is 69.4 cm³/mol. The highest BCUT2D eigenvalue weighted by Gasteiger charge is 2.00. The Morgan fingerprint density at radius 1 is 1.25 bits per heavy atom. The average molecular weight is 230 g/mol. The predicted octanol–water partition coefficient (Wildman–Crippen LogP) is 3.26. The molecule has 82 valence electrons. The van der Waals surface area contributed by atoms with Gasteiger partial charge < -0.3 is 5.73 Å². The van der Waals surface area contributed by atoms with Crippen LogP contribution in [-0.2, 0) is 5.75 Å². The molecule has 1 aromatic heterocycles. The van der Waals surface area contributed by atoms with Crippen LogP contribution in [0.15, 0.2) is 47.5 Å². The van der Waals surface area contributed by atoms with Crippen LogP contribution in [-0.4, -0.2) is 4.98 Å². The van der Waals surface area contributed by atoms with E-state index in [1.165, 1.54) is 10.5 Å². The van der Waals surface area contributed by atoms with Gasteiger partial charge in [0.25, 0.3) is 0 Å². The minimum Gasteiger partial charge on any atom is -0.399 e. The molecule has 3 heteroatoms. The van der Waals surface area contributed by atoms with Gasteiger partial charge in [-0.15, -0.1) is 11.8 Å². The average Bonchev–Trinajstić information content (AvgIpc) is 2.28. The first-order valence-corrected chi connectivity index (χ1v) is 6.13. The molecule has 0 aliphatic rings. The van der Waals surface area contributed by atoms with Crippen molar-refractivity contribution in [3.63, 3.8) is 0 Å². The molecule has 0 spiro atoms. The van der Waals surface area contributed by atoms with Crippen molar-refractivity contribution < 1.29 is 0 Å². The first-order valence-electron chi connectivity index (χ1n) is 5.14. The molecule has 0 fully saturated rings. The van der Waals surface area contributed by atoms with Crippen LogP contribution in [0.4, 0.5) is 5.69 Å². The van der Waals surface area contributed by atoms with Crippen molar-refractivity contribution in [1.29, 1.82) is 0 Å². The summed E-state index contributed by atoms with van der Waals surface area (Å²) in [6.07, 6.45) is 1.84. The van der Waals surface area contributed by atoms with Gasteiger partial charge in [0, 0.05) is 22.5 Å². The summed E-state index contributed by atoms with van der Waals surface area (Å²) in [5, 5.41) is 0. The van der Waals surface area contributed by atoms with Crippen molar-refractivity contribution >= 4 is 17.4 Å². The van der Waals surface area contributed by atoms with E-state index in [1.807, 2.05) is 30.5 Å². The van der Waals surface area contributed by atoms with Crippen LogP contribution < -0.4 is 5.73 Å². The number of aryl methyl sites for hydroxylation is 1. The number of nitrogens with two attached hydrogens (primary N) is 1. The SMILES string of the molecule is Cc1cccnc1CSc1cccc(N)c1. The first kappa shape index (κ1) is 11.0. The zero-order chi connectivity index (χ0) is 11.4. The summed E-state index contributed by atoms with van der Waals surface area (Å²) in [6.45, 7) is 2.09. The lowest BCUT2D eigenvalue weighted by molar-refractivity contribution is 1.13. The van der Waals surface area contributed by atoms with Crippen LogP contribution >= 0.6 is 11.8 Å². The fourth-order valence-corrected chi connectivity index (χ4v) is 2.43. The third-order valence-electron chi connectivity index (χ3n) is 2.35. The number of pyridine rings is 1. The van der Waals surface area contributed by atoms with Gasteiger partial charge in [-0.3, -0.25) is 4.98 Å². The number of hydrogen-bond donors (Lipinski definition) is 1. The summed E-state index contributed by atoms with van der Waals surface area (Å²) in [7, 11) is 0. The zero-order valence-corrected chi connectivity index (χ0v) is 10.00. The number of nitrogens with zero attached hydrogens (tertiary/aromatic N) is 1. The van der Waals surface area contributed by atoms with Crippen molar-refractivity contribution in [2.24, 2.45) is 0 Å². The Morgan fingerprint density at radius 3 is 2.88 bits per heavy atom. The van der Waals surface area contributed by atoms with Crippen LogP contribution in [0, 0.1) is 6.92 Å². The lowest BCUT2D eigenvalue weighted by Gasteiger charge is -2.04. The highest BCUT2D eigenvalue weighted by molar-refractivity contribution is 7.98. The van der Waals surface area contributed by atoms with E-state index >= 15 is 0 Å². The molecular formula is C13H14N2S. The minimum absolute atomic E-state index is 0.808. The number of anilines is 1.